The molecule has 2 nitrogen and oxygen atoms in total. The molecule has 18 heavy (non-hydrogen) atoms. The zero-order chi connectivity index (χ0) is 13.1. The summed E-state index contributed by atoms with van der Waals surface area (Å²) in [5.74, 6) is -0.0933. The Morgan fingerprint density at radius 2 is 1.83 bits per heavy atom. The molecule has 0 aliphatic rings. The fourth-order valence-corrected chi connectivity index (χ4v) is 2.12. The first-order chi connectivity index (χ1) is 8.67. The molecule has 94 valence electrons. The van der Waals surface area contributed by atoms with Crippen LogP contribution in [-0.2, 0) is 12.4 Å². The van der Waals surface area contributed by atoms with Crippen LogP contribution in [0.1, 0.15) is 12.5 Å². The van der Waals surface area contributed by atoms with E-state index < -0.39 is 0 Å². The van der Waals surface area contributed by atoms with Crippen molar-refractivity contribution in [1.29, 1.82) is 0 Å². The number of hydrogen-bond acceptors (Lipinski definition) is 1. The second-order valence-corrected chi connectivity index (χ2v) is 4.20. The summed E-state index contributed by atoms with van der Waals surface area (Å²) in [6.45, 7) is 2.45. The number of aromatic nitrogens is 1. The van der Waals surface area contributed by atoms with E-state index in [1.165, 1.54) is 12.1 Å². The Balaban J connectivity index is 2.61. The molecule has 0 amide bonds. The Kier molecular flexibility index (Phi) is 3.82. The normalized spacial score (nSPS) is 10.6. The maximum absolute atomic E-state index is 12.9. The second-order valence-electron chi connectivity index (χ2n) is 3.93. The average Bonchev–Trinajstić information content (AvgIpc) is 2.39. The van der Waals surface area contributed by atoms with Gasteiger partial charge in [-0.3, -0.25) is 4.79 Å². The summed E-state index contributed by atoms with van der Waals surface area (Å²) < 4.78 is 14.5. The minimum Gasteiger partial charge on any atom is -0.308 e. The molecule has 0 bridgehead atoms. The van der Waals surface area contributed by atoms with Crippen LogP contribution in [0.4, 0.5) is 4.39 Å². The Morgan fingerprint density at radius 3 is 2.39 bits per heavy atom. The van der Waals surface area contributed by atoms with Crippen molar-refractivity contribution in [2.75, 3.05) is 0 Å². The quantitative estimate of drug-likeness (QED) is 0.780. The molecule has 0 atom stereocenters. The van der Waals surface area contributed by atoms with Crippen LogP contribution in [0.3, 0.4) is 0 Å². The molecule has 0 radical (unpaired) electrons. The highest BCUT2D eigenvalue weighted by molar-refractivity contribution is 6.17. The third-order valence-corrected chi connectivity index (χ3v) is 3.14. The Hall–Kier alpha value is -1.61. The number of alkyl halides is 1. The van der Waals surface area contributed by atoms with E-state index in [9.17, 15) is 9.18 Å². The number of benzene rings is 1. The van der Waals surface area contributed by atoms with Gasteiger partial charge in [0.2, 0.25) is 0 Å². The number of pyridine rings is 1. The van der Waals surface area contributed by atoms with Crippen LogP contribution in [0.2, 0.25) is 0 Å². The Labute approximate surface area is 110 Å². The van der Waals surface area contributed by atoms with Crippen molar-refractivity contribution in [2.45, 2.75) is 19.3 Å². The lowest BCUT2D eigenvalue weighted by Crippen LogP contribution is -2.23. The summed E-state index contributed by atoms with van der Waals surface area (Å²) in [6, 6.07) is 9.66. The zero-order valence-corrected chi connectivity index (χ0v) is 10.7. The molecular weight excluding hydrogens is 253 g/mol. The van der Waals surface area contributed by atoms with Gasteiger partial charge in [0.15, 0.2) is 0 Å². The number of nitrogens with zero attached hydrogens (tertiary/aromatic N) is 1. The highest BCUT2D eigenvalue weighted by Gasteiger charge is 2.08. The molecule has 4 heteroatoms. The number of hydrogen-bond donors (Lipinski definition) is 0. The topological polar surface area (TPSA) is 22.0 Å². The smallest absolute Gasteiger partial charge is 0.255 e. The van der Waals surface area contributed by atoms with Crippen molar-refractivity contribution in [3.8, 4) is 11.3 Å². The molecule has 2 rings (SSSR count). The molecule has 2 aromatic rings. The van der Waals surface area contributed by atoms with E-state index in [0.717, 1.165) is 11.3 Å². The Bertz CT molecular complexity index is 604. The molecular formula is C14H13ClFNO. The standard InChI is InChI=1S/C14H13ClFNO/c1-2-17-13(8-5-11(9-15)14(17)18)10-3-6-12(16)7-4-10/h3-8H,2,9H2,1H3. The van der Waals surface area contributed by atoms with Gasteiger partial charge >= 0.3 is 0 Å². The molecule has 0 N–H and O–H groups in total. The summed E-state index contributed by atoms with van der Waals surface area (Å²) in [4.78, 5) is 12.1. The van der Waals surface area contributed by atoms with Crippen LogP contribution in [0.15, 0.2) is 41.2 Å². The van der Waals surface area contributed by atoms with Gasteiger partial charge in [0, 0.05) is 12.1 Å². The summed E-state index contributed by atoms with van der Waals surface area (Å²) in [5, 5.41) is 0. The van der Waals surface area contributed by atoms with Crippen molar-refractivity contribution >= 4 is 11.6 Å². The molecule has 0 saturated heterocycles. The molecule has 0 fully saturated rings. The van der Waals surface area contributed by atoms with Gasteiger partial charge in [0.25, 0.3) is 5.56 Å². The minimum absolute atomic E-state index is 0.0886. The lowest BCUT2D eigenvalue weighted by Gasteiger charge is -2.12. The summed E-state index contributed by atoms with van der Waals surface area (Å²) >= 11 is 5.72. The third kappa shape index (κ3) is 2.31. The first-order valence-electron chi connectivity index (χ1n) is 5.72. The second kappa shape index (κ2) is 5.36. The fraction of sp³-hybridized carbons (Fsp3) is 0.214. The van der Waals surface area contributed by atoms with Crippen molar-refractivity contribution in [1.82, 2.24) is 4.57 Å². The highest BCUT2D eigenvalue weighted by Crippen LogP contribution is 2.19. The van der Waals surface area contributed by atoms with Crippen molar-refractivity contribution in [3.05, 3.63) is 58.1 Å². The predicted octanol–water partition coefficient (Wildman–Crippen LogP) is 3.41. The molecule has 1 aromatic carbocycles. The van der Waals surface area contributed by atoms with Gasteiger partial charge in [0.05, 0.1) is 11.6 Å². The van der Waals surface area contributed by atoms with Crippen molar-refractivity contribution in [3.63, 3.8) is 0 Å². The van der Waals surface area contributed by atoms with Crippen LogP contribution >= 0.6 is 11.6 Å². The third-order valence-electron chi connectivity index (χ3n) is 2.85. The van der Waals surface area contributed by atoms with E-state index in [4.69, 9.17) is 11.6 Å². The van der Waals surface area contributed by atoms with E-state index in [1.54, 1.807) is 22.8 Å². The van der Waals surface area contributed by atoms with Crippen molar-refractivity contribution < 1.29 is 4.39 Å². The van der Waals surface area contributed by atoms with Gasteiger partial charge in [-0.05, 0) is 42.8 Å². The molecule has 1 heterocycles. The molecule has 1 aromatic heterocycles. The lowest BCUT2D eigenvalue weighted by molar-refractivity contribution is 0.628. The first-order valence-corrected chi connectivity index (χ1v) is 6.25. The van der Waals surface area contributed by atoms with E-state index in [2.05, 4.69) is 0 Å². The summed E-state index contributed by atoms with van der Waals surface area (Å²) in [7, 11) is 0. The van der Waals surface area contributed by atoms with Crippen LogP contribution in [0.25, 0.3) is 11.3 Å². The van der Waals surface area contributed by atoms with Gasteiger partial charge in [-0.25, -0.2) is 4.39 Å². The lowest BCUT2D eigenvalue weighted by atomic mass is 10.1. The van der Waals surface area contributed by atoms with Crippen LogP contribution in [0, 0.1) is 5.82 Å². The molecule has 0 saturated carbocycles. The molecule has 0 aliphatic carbocycles. The maximum Gasteiger partial charge on any atom is 0.255 e. The van der Waals surface area contributed by atoms with Crippen LogP contribution in [0.5, 0.6) is 0 Å². The first kappa shape index (κ1) is 12.8. The maximum atomic E-state index is 12.9. The van der Waals surface area contributed by atoms with Gasteiger partial charge in [-0.1, -0.05) is 6.07 Å². The van der Waals surface area contributed by atoms with E-state index in [-0.39, 0.29) is 17.3 Å². The number of halogens is 2. The average molecular weight is 266 g/mol. The van der Waals surface area contributed by atoms with Crippen LogP contribution < -0.4 is 5.56 Å². The van der Waals surface area contributed by atoms with Gasteiger partial charge in [-0.15, -0.1) is 11.6 Å². The van der Waals surface area contributed by atoms with Gasteiger partial charge in [-0.2, -0.15) is 0 Å². The van der Waals surface area contributed by atoms with Gasteiger partial charge < -0.3 is 4.57 Å². The Morgan fingerprint density at radius 1 is 1.17 bits per heavy atom. The summed E-state index contributed by atoms with van der Waals surface area (Å²) in [5.41, 5.74) is 2.08. The predicted molar refractivity (Wildman–Crippen MR) is 71.3 cm³/mol. The van der Waals surface area contributed by atoms with E-state index in [1.807, 2.05) is 13.0 Å². The molecule has 0 spiro atoms. The highest BCUT2D eigenvalue weighted by atomic mass is 35.5. The van der Waals surface area contributed by atoms with E-state index in [0.29, 0.717) is 12.1 Å². The fourth-order valence-electron chi connectivity index (χ4n) is 1.91. The largest absolute Gasteiger partial charge is 0.308 e. The van der Waals surface area contributed by atoms with E-state index >= 15 is 0 Å². The summed E-state index contributed by atoms with van der Waals surface area (Å²) in [6.07, 6.45) is 0. The monoisotopic (exact) mass is 265 g/mol. The van der Waals surface area contributed by atoms with Crippen molar-refractivity contribution in [2.24, 2.45) is 0 Å². The molecule has 0 aliphatic heterocycles. The minimum atomic E-state index is -0.290. The van der Waals surface area contributed by atoms with Crippen LogP contribution in [-0.4, -0.2) is 4.57 Å². The molecule has 0 unspecified atom stereocenters. The number of rotatable bonds is 3. The van der Waals surface area contributed by atoms with Gasteiger partial charge in [0.1, 0.15) is 5.82 Å². The zero-order valence-electron chi connectivity index (χ0n) is 9.99. The SMILES string of the molecule is CCn1c(-c2ccc(F)cc2)ccc(CCl)c1=O.